The summed E-state index contributed by atoms with van der Waals surface area (Å²) in [5, 5.41) is 0. The van der Waals surface area contributed by atoms with Crippen molar-refractivity contribution in [3.05, 3.63) is 0 Å². The smallest absolute Gasteiger partial charge is 0.469 e. The van der Waals surface area contributed by atoms with Crippen LogP contribution in [0, 0.1) is 29.1 Å². The average molecular weight is 495 g/mol. The van der Waals surface area contributed by atoms with Crippen LogP contribution >= 0.6 is 7.82 Å². The van der Waals surface area contributed by atoms with Gasteiger partial charge < -0.3 is 24.0 Å². The molecule has 0 aliphatic heterocycles. The summed E-state index contributed by atoms with van der Waals surface area (Å²) in [5.74, 6) is -3.07. The summed E-state index contributed by atoms with van der Waals surface area (Å²) < 4.78 is 31.6. The second-order valence-corrected chi connectivity index (χ2v) is 10.4. The van der Waals surface area contributed by atoms with Gasteiger partial charge in [-0.3, -0.25) is 18.9 Å². The second kappa shape index (κ2) is 12.8. The SMILES string of the molecule is CCC(C(=O)OCC(COC(=O)C1CCCCC1C(=O)OC)OP(=O)(O)O)(C(C)C)C(C)C. The second-order valence-electron chi connectivity index (χ2n) is 9.17. The average Bonchev–Trinajstić information content (AvgIpc) is 2.74. The maximum Gasteiger partial charge on any atom is 0.470 e. The molecule has 10 nitrogen and oxygen atoms in total. The number of hydrogen-bond acceptors (Lipinski definition) is 8. The minimum absolute atomic E-state index is 0.0319. The van der Waals surface area contributed by atoms with E-state index in [1.807, 2.05) is 34.6 Å². The standard InChI is InChI=1S/C22H39O10P/c1-7-22(14(2)3,15(4)5)21(25)31-13-16(32-33(26,27)28)12-30-20(24)18-11-9-8-10-17(18)19(23)29-6/h14-18H,7-13H2,1-6H3,(H2,26,27,28). The summed E-state index contributed by atoms with van der Waals surface area (Å²) in [7, 11) is -3.70. The number of hydrogen-bond donors (Lipinski definition) is 2. The van der Waals surface area contributed by atoms with Crippen LogP contribution in [0.4, 0.5) is 0 Å². The van der Waals surface area contributed by atoms with Crippen LogP contribution in [0.15, 0.2) is 0 Å². The highest BCUT2D eigenvalue weighted by molar-refractivity contribution is 7.46. The summed E-state index contributed by atoms with van der Waals surface area (Å²) in [6, 6.07) is 0. The lowest BCUT2D eigenvalue weighted by Crippen LogP contribution is -2.43. The molecule has 0 aromatic heterocycles. The van der Waals surface area contributed by atoms with Gasteiger partial charge in [0.25, 0.3) is 0 Å². The van der Waals surface area contributed by atoms with E-state index in [9.17, 15) is 28.7 Å². The molecule has 192 valence electrons. The van der Waals surface area contributed by atoms with E-state index < -0.39 is 62.3 Å². The van der Waals surface area contributed by atoms with Crippen LogP contribution in [0.3, 0.4) is 0 Å². The lowest BCUT2D eigenvalue weighted by atomic mass is 9.67. The van der Waals surface area contributed by atoms with Crippen molar-refractivity contribution in [3.63, 3.8) is 0 Å². The van der Waals surface area contributed by atoms with Gasteiger partial charge in [0.05, 0.1) is 24.4 Å². The lowest BCUT2D eigenvalue weighted by Gasteiger charge is -2.38. The molecule has 0 aromatic rings. The molecule has 33 heavy (non-hydrogen) atoms. The molecule has 1 aliphatic rings. The minimum atomic E-state index is -4.95. The Labute approximate surface area is 195 Å². The fraction of sp³-hybridized carbons (Fsp3) is 0.864. The molecule has 1 saturated carbocycles. The first kappa shape index (κ1) is 29.6. The number of rotatable bonds is 12. The van der Waals surface area contributed by atoms with Crippen molar-refractivity contribution in [1.29, 1.82) is 0 Å². The maximum absolute atomic E-state index is 13.0. The normalized spacial score (nSPS) is 20.4. The van der Waals surface area contributed by atoms with Crippen LogP contribution in [-0.2, 0) is 37.7 Å². The van der Waals surface area contributed by atoms with Gasteiger partial charge in [-0.25, -0.2) is 4.57 Å². The maximum atomic E-state index is 13.0. The summed E-state index contributed by atoms with van der Waals surface area (Å²) in [4.78, 5) is 56.1. The third kappa shape index (κ3) is 8.05. The first-order chi connectivity index (χ1) is 15.3. The van der Waals surface area contributed by atoms with Gasteiger partial charge in [0.15, 0.2) is 0 Å². The molecule has 1 fully saturated rings. The number of carbonyl (C=O) groups excluding carboxylic acids is 3. The van der Waals surface area contributed by atoms with E-state index in [0.29, 0.717) is 19.3 Å². The third-order valence-electron chi connectivity index (χ3n) is 6.70. The summed E-state index contributed by atoms with van der Waals surface area (Å²) >= 11 is 0. The topological polar surface area (TPSA) is 146 Å². The number of carbonyl (C=O) groups is 3. The van der Waals surface area contributed by atoms with Crippen molar-refractivity contribution in [3.8, 4) is 0 Å². The predicted molar refractivity (Wildman–Crippen MR) is 119 cm³/mol. The van der Waals surface area contributed by atoms with Gasteiger partial charge >= 0.3 is 25.7 Å². The molecule has 2 N–H and O–H groups in total. The molecule has 3 unspecified atom stereocenters. The van der Waals surface area contributed by atoms with Crippen molar-refractivity contribution in [2.45, 2.75) is 72.8 Å². The van der Waals surface area contributed by atoms with Gasteiger partial charge in [-0.05, 0) is 31.1 Å². The van der Waals surface area contributed by atoms with Gasteiger partial charge in [0.2, 0.25) is 0 Å². The van der Waals surface area contributed by atoms with Crippen LogP contribution in [0.25, 0.3) is 0 Å². The molecule has 0 aromatic carbocycles. The molecule has 0 heterocycles. The summed E-state index contributed by atoms with van der Waals surface area (Å²) in [6.07, 6.45) is 1.63. The van der Waals surface area contributed by atoms with Gasteiger partial charge in [-0.15, -0.1) is 0 Å². The van der Waals surface area contributed by atoms with E-state index in [-0.39, 0.29) is 11.8 Å². The highest BCUT2D eigenvalue weighted by atomic mass is 31.2. The Balaban J connectivity index is 2.88. The van der Waals surface area contributed by atoms with Gasteiger partial charge in [-0.1, -0.05) is 47.5 Å². The largest absolute Gasteiger partial charge is 0.470 e. The Morgan fingerprint density at radius 1 is 0.939 bits per heavy atom. The number of phosphoric ester groups is 1. The van der Waals surface area contributed by atoms with Crippen molar-refractivity contribution >= 4 is 25.7 Å². The zero-order valence-electron chi connectivity index (χ0n) is 20.4. The molecule has 0 radical (unpaired) electrons. The predicted octanol–water partition coefficient (Wildman–Crippen LogP) is 3.24. The Morgan fingerprint density at radius 3 is 1.85 bits per heavy atom. The molecule has 0 saturated heterocycles. The Kier molecular flexibility index (Phi) is 11.5. The van der Waals surface area contributed by atoms with E-state index in [2.05, 4.69) is 0 Å². The Bertz CT molecular complexity index is 706. The highest BCUT2D eigenvalue weighted by Crippen LogP contribution is 2.41. The molecule has 1 aliphatic carbocycles. The quantitative estimate of drug-likeness (QED) is 0.235. The van der Waals surface area contributed by atoms with Crippen LogP contribution < -0.4 is 0 Å². The van der Waals surface area contributed by atoms with Crippen molar-refractivity contribution in [1.82, 2.24) is 0 Å². The van der Waals surface area contributed by atoms with E-state index in [1.165, 1.54) is 7.11 Å². The fourth-order valence-electron chi connectivity index (χ4n) is 4.83. The molecule has 11 heteroatoms. The number of methoxy groups -OCH3 is 1. The van der Waals surface area contributed by atoms with Gasteiger partial charge in [-0.2, -0.15) is 0 Å². The monoisotopic (exact) mass is 494 g/mol. The van der Waals surface area contributed by atoms with E-state index in [1.54, 1.807) is 0 Å². The van der Waals surface area contributed by atoms with E-state index in [4.69, 9.17) is 18.7 Å². The van der Waals surface area contributed by atoms with Crippen LogP contribution in [0.5, 0.6) is 0 Å². The van der Waals surface area contributed by atoms with Gasteiger partial charge in [0, 0.05) is 0 Å². The highest BCUT2D eigenvalue weighted by Gasteiger charge is 2.45. The molecule has 0 amide bonds. The molecule has 0 bridgehead atoms. The van der Waals surface area contributed by atoms with Gasteiger partial charge in [0.1, 0.15) is 19.3 Å². The fourth-order valence-corrected chi connectivity index (χ4v) is 5.34. The molecule has 1 rings (SSSR count). The molecule has 3 atom stereocenters. The third-order valence-corrected chi connectivity index (χ3v) is 7.27. The van der Waals surface area contributed by atoms with Crippen molar-refractivity contribution in [2.24, 2.45) is 29.1 Å². The molecular formula is C22H39O10P. The van der Waals surface area contributed by atoms with E-state index in [0.717, 1.165) is 12.8 Å². The van der Waals surface area contributed by atoms with Crippen molar-refractivity contribution < 1.29 is 47.5 Å². The molecule has 0 spiro atoms. The molecular weight excluding hydrogens is 455 g/mol. The van der Waals surface area contributed by atoms with Crippen LogP contribution in [0.2, 0.25) is 0 Å². The number of phosphoric acid groups is 1. The zero-order chi connectivity index (χ0) is 25.4. The Hall–Kier alpha value is -1.48. The summed E-state index contributed by atoms with van der Waals surface area (Å²) in [6.45, 7) is 8.51. The van der Waals surface area contributed by atoms with Crippen LogP contribution in [0.1, 0.15) is 66.7 Å². The summed E-state index contributed by atoms with van der Waals surface area (Å²) in [5.41, 5.74) is -0.779. The van der Waals surface area contributed by atoms with Crippen molar-refractivity contribution in [2.75, 3.05) is 20.3 Å². The Morgan fingerprint density at radius 2 is 1.42 bits per heavy atom. The van der Waals surface area contributed by atoms with Crippen LogP contribution in [-0.4, -0.2) is 54.1 Å². The zero-order valence-corrected chi connectivity index (χ0v) is 21.3. The van der Waals surface area contributed by atoms with E-state index >= 15 is 0 Å². The first-order valence-corrected chi connectivity index (χ1v) is 13.0. The minimum Gasteiger partial charge on any atom is -0.469 e. The lowest BCUT2D eigenvalue weighted by molar-refractivity contribution is -0.169. The first-order valence-electron chi connectivity index (χ1n) is 11.5. The number of esters is 3. The number of ether oxygens (including phenoxy) is 3.